The highest BCUT2D eigenvalue weighted by Gasteiger charge is 2.40. The zero-order valence-electron chi connectivity index (χ0n) is 10.4. The Hall–Kier alpha value is -1.49. The van der Waals surface area contributed by atoms with E-state index < -0.39 is 23.1 Å². The van der Waals surface area contributed by atoms with E-state index in [9.17, 15) is 13.6 Å². The van der Waals surface area contributed by atoms with Gasteiger partial charge in [0.1, 0.15) is 11.6 Å². The summed E-state index contributed by atoms with van der Waals surface area (Å²) in [6, 6.07) is 2.87. The van der Waals surface area contributed by atoms with E-state index in [4.69, 9.17) is 5.73 Å². The maximum Gasteiger partial charge on any atom is 0.257 e. The molecule has 1 amide bonds. The van der Waals surface area contributed by atoms with Crippen LogP contribution in [0.4, 0.5) is 8.78 Å². The molecule has 0 saturated carbocycles. The van der Waals surface area contributed by atoms with Gasteiger partial charge in [0.05, 0.1) is 5.56 Å². The molecule has 1 fully saturated rings. The summed E-state index contributed by atoms with van der Waals surface area (Å²) in [4.78, 5) is 13.8. The first-order valence-corrected chi connectivity index (χ1v) is 5.84. The number of likely N-dealkylation sites (tertiary alicyclic amines) is 1. The topological polar surface area (TPSA) is 46.3 Å². The zero-order valence-corrected chi connectivity index (χ0v) is 10.4. The lowest BCUT2D eigenvalue weighted by molar-refractivity contribution is 0.0646. The van der Waals surface area contributed by atoms with Crippen LogP contribution in [-0.2, 0) is 0 Å². The van der Waals surface area contributed by atoms with Crippen molar-refractivity contribution in [2.45, 2.75) is 31.8 Å². The van der Waals surface area contributed by atoms with E-state index in [0.717, 1.165) is 12.1 Å². The Bertz CT molecular complexity index is 488. The van der Waals surface area contributed by atoms with Crippen molar-refractivity contribution in [3.8, 4) is 0 Å². The lowest BCUT2D eigenvalue weighted by Gasteiger charge is -2.31. The first-order valence-electron chi connectivity index (χ1n) is 5.84. The SMILES string of the molecule is CC1(C)CC(N)CN1C(=O)c1ccc(F)cc1F. The van der Waals surface area contributed by atoms with Crippen LogP contribution in [-0.4, -0.2) is 28.9 Å². The van der Waals surface area contributed by atoms with Crippen molar-refractivity contribution >= 4 is 5.91 Å². The molecule has 0 aromatic heterocycles. The fourth-order valence-corrected chi connectivity index (χ4v) is 2.46. The molecule has 1 aromatic rings. The molecule has 1 aromatic carbocycles. The molecular weight excluding hydrogens is 238 g/mol. The van der Waals surface area contributed by atoms with Crippen LogP contribution in [0.25, 0.3) is 0 Å². The third-order valence-corrected chi connectivity index (χ3v) is 3.32. The highest BCUT2D eigenvalue weighted by atomic mass is 19.1. The van der Waals surface area contributed by atoms with E-state index in [1.165, 1.54) is 6.07 Å². The third-order valence-electron chi connectivity index (χ3n) is 3.32. The molecule has 5 heteroatoms. The van der Waals surface area contributed by atoms with Crippen LogP contribution in [0.5, 0.6) is 0 Å². The van der Waals surface area contributed by atoms with Gasteiger partial charge >= 0.3 is 0 Å². The molecule has 3 nitrogen and oxygen atoms in total. The fraction of sp³-hybridized carbons (Fsp3) is 0.462. The number of hydrogen-bond donors (Lipinski definition) is 1. The van der Waals surface area contributed by atoms with Crippen molar-refractivity contribution in [1.82, 2.24) is 4.90 Å². The van der Waals surface area contributed by atoms with E-state index in [2.05, 4.69) is 0 Å². The number of carbonyl (C=O) groups excluding carboxylic acids is 1. The minimum atomic E-state index is -0.837. The number of halogens is 2. The summed E-state index contributed by atoms with van der Waals surface area (Å²) in [5.41, 5.74) is 5.31. The summed E-state index contributed by atoms with van der Waals surface area (Å²) < 4.78 is 26.4. The van der Waals surface area contributed by atoms with Crippen LogP contribution in [0.2, 0.25) is 0 Å². The molecule has 2 rings (SSSR count). The molecule has 18 heavy (non-hydrogen) atoms. The van der Waals surface area contributed by atoms with Gasteiger partial charge in [0.15, 0.2) is 0 Å². The van der Waals surface area contributed by atoms with Crippen molar-refractivity contribution in [3.05, 3.63) is 35.4 Å². The lowest BCUT2D eigenvalue weighted by atomic mass is 10.00. The normalized spacial score (nSPS) is 22.3. The molecule has 1 aliphatic heterocycles. The highest BCUT2D eigenvalue weighted by Crippen LogP contribution is 2.29. The molecule has 0 bridgehead atoms. The van der Waals surface area contributed by atoms with E-state index in [-0.39, 0.29) is 11.6 Å². The van der Waals surface area contributed by atoms with Gasteiger partial charge in [-0.15, -0.1) is 0 Å². The van der Waals surface area contributed by atoms with Crippen molar-refractivity contribution in [3.63, 3.8) is 0 Å². The predicted octanol–water partition coefficient (Wildman–Crippen LogP) is 1.92. The van der Waals surface area contributed by atoms with E-state index in [1.54, 1.807) is 4.90 Å². The molecule has 1 heterocycles. The van der Waals surface area contributed by atoms with Gasteiger partial charge in [-0.1, -0.05) is 0 Å². The molecule has 1 atom stereocenters. The highest BCUT2D eigenvalue weighted by molar-refractivity contribution is 5.95. The fourth-order valence-electron chi connectivity index (χ4n) is 2.46. The van der Waals surface area contributed by atoms with Crippen molar-refractivity contribution < 1.29 is 13.6 Å². The van der Waals surface area contributed by atoms with Gasteiger partial charge in [-0.05, 0) is 32.4 Å². The number of rotatable bonds is 1. The van der Waals surface area contributed by atoms with Crippen molar-refractivity contribution in [2.75, 3.05) is 6.54 Å². The number of benzene rings is 1. The number of nitrogens with zero attached hydrogens (tertiary/aromatic N) is 1. The van der Waals surface area contributed by atoms with Gasteiger partial charge in [0, 0.05) is 24.2 Å². The monoisotopic (exact) mass is 254 g/mol. The van der Waals surface area contributed by atoms with Gasteiger partial charge in [0.2, 0.25) is 0 Å². The molecule has 1 saturated heterocycles. The maximum absolute atomic E-state index is 13.6. The number of carbonyl (C=O) groups is 1. The first-order chi connectivity index (χ1) is 8.31. The van der Waals surface area contributed by atoms with Crippen molar-refractivity contribution in [2.24, 2.45) is 5.73 Å². The van der Waals surface area contributed by atoms with Crippen molar-refractivity contribution in [1.29, 1.82) is 0 Å². The second kappa shape index (κ2) is 4.31. The van der Waals surface area contributed by atoms with E-state index in [1.807, 2.05) is 13.8 Å². The third kappa shape index (κ3) is 2.22. The van der Waals surface area contributed by atoms with Gasteiger partial charge in [-0.2, -0.15) is 0 Å². The van der Waals surface area contributed by atoms with E-state index in [0.29, 0.717) is 13.0 Å². The van der Waals surface area contributed by atoms with Crippen LogP contribution in [0.3, 0.4) is 0 Å². The zero-order chi connectivity index (χ0) is 13.5. The molecule has 0 radical (unpaired) electrons. The molecule has 1 aliphatic rings. The Morgan fingerprint density at radius 2 is 2.11 bits per heavy atom. The second-order valence-electron chi connectivity index (χ2n) is 5.32. The summed E-state index contributed by atoms with van der Waals surface area (Å²) in [5.74, 6) is -1.97. The van der Waals surface area contributed by atoms with Crippen LogP contribution in [0.1, 0.15) is 30.6 Å². The number of hydrogen-bond acceptors (Lipinski definition) is 2. The maximum atomic E-state index is 13.6. The Kier molecular flexibility index (Phi) is 3.11. The summed E-state index contributed by atoms with van der Waals surface area (Å²) in [6.45, 7) is 4.17. The van der Waals surface area contributed by atoms with E-state index >= 15 is 0 Å². The molecular formula is C13H16F2N2O. The molecule has 0 spiro atoms. The Labute approximate surface area is 105 Å². The quantitative estimate of drug-likeness (QED) is 0.832. The Morgan fingerprint density at radius 3 is 2.61 bits per heavy atom. The average Bonchev–Trinajstić information content (AvgIpc) is 2.51. The first kappa shape index (κ1) is 13.0. The Balaban J connectivity index is 2.32. The Morgan fingerprint density at radius 1 is 1.44 bits per heavy atom. The van der Waals surface area contributed by atoms with Crippen LogP contribution < -0.4 is 5.73 Å². The molecule has 2 N–H and O–H groups in total. The lowest BCUT2D eigenvalue weighted by Crippen LogP contribution is -2.43. The largest absolute Gasteiger partial charge is 0.332 e. The van der Waals surface area contributed by atoms with Crippen LogP contribution >= 0.6 is 0 Å². The number of nitrogens with two attached hydrogens (primary N) is 1. The second-order valence-corrected chi connectivity index (χ2v) is 5.32. The predicted molar refractivity (Wildman–Crippen MR) is 64.1 cm³/mol. The number of amides is 1. The summed E-state index contributed by atoms with van der Waals surface area (Å²) >= 11 is 0. The average molecular weight is 254 g/mol. The summed E-state index contributed by atoms with van der Waals surface area (Å²) in [5, 5.41) is 0. The standard InChI is InChI=1S/C13H16F2N2O/c1-13(2)6-9(16)7-17(13)12(18)10-4-3-8(14)5-11(10)15/h3-5,9H,6-7,16H2,1-2H3. The van der Waals surface area contributed by atoms with Crippen LogP contribution in [0.15, 0.2) is 18.2 Å². The molecule has 1 unspecified atom stereocenters. The minimum absolute atomic E-state index is 0.104. The summed E-state index contributed by atoms with van der Waals surface area (Å²) in [6.07, 6.45) is 0.668. The van der Waals surface area contributed by atoms with Crippen LogP contribution in [0, 0.1) is 11.6 Å². The van der Waals surface area contributed by atoms with Gasteiger partial charge in [-0.3, -0.25) is 4.79 Å². The smallest absolute Gasteiger partial charge is 0.257 e. The van der Waals surface area contributed by atoms with Gasteiger partial charge in [0.25, 0.3) is 5.91 Å². The van der Waals surface area contributed by atoms with Gasteiger partial charge < -0.3 is 10.6 Å². The van der Waals surface area contributed by atoms with Gasteiger partial charge in [-0.25, -0.2) is 8.78 Å². The minimum Gasteiger partial charge on any atom is -0.332 e. The molecule has 98 valence electrons. The summed E-state index contributed by atoms with van der Waals surface area (Å²) in [7, 11) is 0. The molecule has 0 aliphatic carbocycles.